The molecule has 0 amide bonds. The van der Waals surface area contributed by atoms with Crippen molar-refractivity contribution in [3.63, 3.8) is 0 Å². The lowest BCUT2D eigenvalue weighted by Gasteiger charge is -2.42. The average Bonchev–Trinajstić information content (AvgIpc) is 3.42. The van der Waals surface area contributed by atoms with Gasteiger partial charge in [0.1, 0.15) is 17.1 Å². The first kappa shape index (κ1) is 31.3. The second-order valence-electron chi connectivity index (χ2n) is 12.6. The number of benzene rings is 2. The van der Waals surface area contributed by atoms with E-state index in [2.05, 4.69) is 45.3 Å². The minimum atomic E-state index is -3.51. The number of anilines is 3. The highest BCUT2D eigenvalue weighted by Crippen LogP contribution is 2.33. The van der Waals surface area contributed by atoms with Crippen LogP contribution in [0.5, 0.6) is 5.75 Å². The summed E-state index contributed by atoms with van der Waals surface area (Å²) in [7, 11) is 2.35. The second kappa shape index (κ2) is 13.0. The molecule has 4 heterocycles. The van der Waals surface area contributed by atoms with Crippen LogP contribution in [0, 0.1) is 0 Å². The van der Waals surface area contributed by atoms with Crippen LogP contribution in [0.1, 0.15) is 38.1 Å². The monoisotopic (exact) mass is 631 g/mol. The SMILES string of the molecule is COc1cc(N2CCC(N3CCN(C)CC3)CC2)ccc1Cc1nc(Nc2ccccc2S(=O)(=O)C(C)C)c2c(ccn2C)n1. The third kappa shape index (κ3) is 6.52. The summed E-state index contributed by atoms with van der Waals surface area (Å²) in [6.07, 6.45) is 4.76. The molecule has 2 aliphatic heterocycles. The third-order valence-corrected chi connectivity index (χ3v) is 11.5. The van der Waals surface area contributed by atoms with Crippen molar-refractivity contribution in [2.24, 2.45) is 7.05 Å². The summed E-state index contributed by atoms with van der Waals surface area (Å²) in [6.45, 7) is 10.1. The van der Waals surface area contributed by atoms with Crippen LogP contribution >= 0.6 is 0 Å². The summed E-state index contributed by atoms with van der Waals surface area (Å²) in [5, 5.41) is 2.80. The van der Waals surface area contributed by atoms with Gasteiger partial charge in [-0.2, -0.15) is 0 Å². The highest BCUT2D eigenvalue weighted by atomic mass is 32.2. The van der Waals surface area contributed by atoms with Crippen molar-refractivity contribution < 1.29 is 13.2 Å². The maximum Gasteiger partial charge on any atom is 0.182 e. The molecule has 11 heteroatoms. The molecule has 0 atom stereocenters. The van der Waals surface area contributed by atoms with E-state index in [1.54, 1.807) is 39.2 Å². The summed E-state index contributed by atoms with van der Waals surface area (Å²) in [5.41, 5.74) is 4.26. The number of likely N-dealkylation sites (N-methyl/N-ethyl adjacent to an activating group) is 1. The molecule has 0 bridgehead atoms. The van der Waals surface area contributed by atoms with Gasteiger partial charge in [-0.3, -0.25) is 4.90 Å². The Balaban J connectivity index is 1.23. The van der Waals surface area contributed by atoms with Gasteiger partial charge in [0.15, 0.2) is 15.7 Å². The molecule has 1 N–H and O–H groups in total. The predicted molar refractivity (Wildman–Crippen MR) is 181 cm³/mol. The van der Waals surface area contributed by atoms with E-state index < -0.39 is 15.1 Å². The van der Waals surface area contributed by atoms with E-state index in [9.17, 15) is 8.42 Å². The smallest absolute Gasteiger partial charge is 0.182 e. The summed E-state index contributed by atoms with van der Waals surface area (Å²) in [4.78, 5) is 17.6. The Labute approximate surface area is 266 Å². The maximum atomic E-state index is 13.1. The van der Waals surface area contributed by atoms with Crippen LogP contribution in [0.2, 0.25) is 0 Å². The lowest BCUT2D eigenvalue weighted by atomic mass is 10.0. The van der Waals surface area contributed by atoms with E-state index in [1.807, 2.05) is 29.9 Å². The Bertz CT molecular complexity index is 1750. The molecule has 2 aromatic carbocycles. The number of hydrogen-bond acceptors (Lipinski definition) is 9. The molecule has 240 valence electrons. The fraction of sp³-hybridized carbons (Fsp3) is 0.471. The van der Waals surface area contributed by atoms with Crippen molar-refractivity contribution in [3.8, 4) is 5.75 Å². The summed E-state index contributed by atoms with van der Waals surface area (Å²) < 4.78 is 34.1. The Morgan fingerprint density at radius 2 is 1.69 bits per heavy atom. The number of hydrogen-bond donors (Lipinski definition) is 1. The first-order valence-corrected chi connectivity index (χ1v) is 17.4. The maximum absolute atomic E-state index is 13.1. The van der Waals surface area contributed by atoms with Gasteiger partial charge in [-0.25, -0.2) is 18.4 Å². The number of aromatic nitrogens is 3. The molecular formula is C34H45N7O3S. The molecular weight excluding hydrogens is 586 g/mol. The molecule has 0 radical (unpaired) electrons. The van der Waals surface area contributed by atoms with Crippen LogP contribution in [-0.4, -0.2) is 97.5 Å². The lowest BCUT2D eigenvalue weighted by molar-refractivity contribution is 0.0982. The fourth-order valence-electron chi connectivity index (χ4n) is 6.53. The molecule has 6 rings (SSSR count). The number of methoxy groups -OCH3 is 1. The Morgan fingerprint density at radius 1 is 0.956 bits per heavy atom. The summed E-state index contributed by atoms with van der Waals surface area (Å²) in [5.74, 6) is 2.00. The van der Waals surface area contributed by atoms with Crippen molar-refractivity contribution in [1.29, 1.82) is 0 Å². The molecule has 0 unspecified atom stereocenters. The first-order valence-electron chi connectivity index (χ1n) is 15.9. The van der Waals surface area contributed by atoms with Gasteiger partial charge in [-0.15, -0.1) is 0 Å². The zero-order valence-electron chi connectivity index (χ0n) is 27.0. The number of rotatable bonds is 9. The topological polar surface area (TPSA) is 95.8 Å². The van der Waals surface area contributed by atoms with Crippen molar-refractivity contribution in [2.75, 3.05) is 63.6 Å². The first-order chi connectivity index (χ1) is 21.6. The van der Waals surface area contributed by atoms with Gasteiger partial charge in [-0.1, -0.05) is 18.2 Å². The quantitative estimate of drug-likeness (QED) is 0.282. The number of ether oxygens (including phenoxy) is 1. The molecule has 0 spiro atoms. The third-order valence-electron chi connectivity index (χ3n) is 9.34. The zero-order valence-corrected chi connectivity index (χ0v) is 27.8. The second-order valence-corrected chi connectivity index (χ2v) is 15.1. The van der Waals surface area contributed by atoms with Gasteiger partial charge >= 0.3 is 0 Å². The Hall–Kier alpha value is -3.67. The van der Waals surface area contributed by atoms with E-state index in [4.69, 9.17) is 14.7 Å². The summed E-state index contributed by atoms with van der Waals surface area (Å²) in [6, 6.07) is 16.1. The molecule has 4 aromatic rings. The molecule has 2 fully saturated rings. The Morgan fingerprint density at radius 3 is 2.40 bits per heavy atom. The van der Waals surface area contributed by atoms with Crippen molar-refractivity contribution in [1.82, 2.24) is 24.3 Å². The van der Waals surface area contributed by atoms with Crippen LogP contribution in [0.4, 0.5) is 17.2 Å². The largest absolute Gasteiger partial charge is 0.496 e. The molecule has 2 aromatic heterocycles. The molecule has 45 heavy (non-hydrogen) atoms. The minimum absolute atomic E-state index is 0.257. The van der Waals surface area contributed by atoms with Gasteiger partial charge in [0.2, 0.25) is 0 Å². The number of nitrogens with zero attached hydrogens (tertiary/aromatic N) is 6. The fourth-order valence-corrected chi connectivity index (χ4v) is 7.73. The van der Waals surface area contributed by atoms with E-state index in [0.29, 0.717) is 29.8 Å². The number of sulfone groups is 1. The van der Waals surface area contributed by atoms with Gasteiger partial charge in [-0.05, 0) is 58.0 Å². The van der Waals surface area contributed by atoms with Gasteiger partial charge in [0.05, 0.1) is 28.5 Å². The normalized spacial score (nSPS) is 17.3. The number of para-hydroxylation sites is 1. The zero-order chi connectivity index (χ0) is 31.7. The summed E-state index contributed by atoms with van der Waals surface area (Å²) >= 11 is 0. The van der Waals surface area contributed by atoms with E-state index in [1.165, 1.54) is 31.6 Å². The number of nitrogens with one attached hydrogen (secondary N) is 1. The average molecular weight is 632 g/mol. The van der Waals surface area contributed by atoms with Crippen LogP contribution in [-0.2, 0) is 23.3 Å². The highest BCUT2D eigenvalue weighted by molar-refractivity contribution is 7.92. The van der Waals surface area contributed by atoms with Crippen molar-refractivity contribution in [2.45, 2.75) is 49.3 Å². The number of aryl methyl sites for hydroxylation is 1. The standard InChI is InChI=1S/C34H45N7O3S/c1-24(2)45(42,43)31-9-7-6-8-28(31)36-34-33-29(14-15-39(33)4)35-32(37-34)22-25-10-11-27(23-30(25)44-5)40-16-12-26(13-17-40)41-20-18-38(3)19-21-41/h6-11,14-15,23-24,26H,12-13,16-22H2,1-5H3,(H,35,36,37). The number of piperidine rings is 1. The van der Waals surface area contributed by atoms with Crippen LogP contribution in [0.25, 0.3) is 11.0 Å². The number of piperazine rings is 1. The Kier molecular flexibility index (Phi) is 9.03. The molecule has 2 saturated heterocycles. The van der Waals surface area contributed by atoms with Crippen molar-refractivity contribution >= 4 is 38.1 Å². The molecule has 0 saturated carbocycles. The predicted octanol–water partition coefficient (Wildman–Crippen LogP) is 4.71. The molecule has 2 aliphatic rings. The number of fused-ring (bicyclic) bond motifs is 1. The molecule has 10 nitrogen and oxygen atoms in total. The highest BCUT2D eigenvalue weighted by Gasteiger charge is 2.27. The van der Waals surface area contributed by atoms with Crippen molar-refractivity contribution in [3.05, 3.63) is 66.1 Å². The van der Waals surface area contributed by atoms with Crippen LogP contribution < -0.4 is 15.0 Å². The lowest BCUT2D eigenvalue weighted by Crippen LogP contribution is -2.52. The van der Waals surface area contributed by atoms with Crippen LogP contribution in [0.3, 0.4) is 0 Å². The van der Waals surface area contributed by atoms with E-state index >= 15 is 0 Å². The van der Waals surface area contributed by atoms with Gasteiger partial charge in [0, 0.05) is 82.3 Å². The minimum Gasteiger partial charge on any atom is -0.496 e. The van der Waals surface area contributed by atoms with Gasteiger partial charge in [0.25, 0.3) is 0 Å². The van der Waals surface area contributed by atoms with E-state index in [-0.39, 0.29) is 4.90 Å². The van der Waals surface area contributed by atoms with Crippen LogP contribution in [0.15, 0.2) is 59.6 Å². The van der Waals surface area contributed by atoms with E-state index in [0.717, 1.165) is 48.5 Å². The molecule has 0 aliphatic carbocycles. The van der Waals surface area contributed by atoms with Gasteiger partial charge < -0.3 is 24.4 Å².